The molecule has 1 heterocycles. The Morgan fingerprint density at radius 1 is 0.963 bits per heavy atom. The fourth-order valence-electron chi connectivity index (χ4n) is 3.58. The number of halogens is 5. The Kier molecular flexibility index (Phi) is 5.84. The predicted octanol–water partition coefficient (Wildman–Crippen LogP) is 5.80. The van der Waals surface area contributed by atoms with E-state index in [1.54, 1.807) is 6.07 Å². The van der Waals surface area contributed by atoms with Crippen molar-refractivity contribution in [3.8, 4) is 0 Å². The Morgan fingerprint density at radius 3 is 2.37 bits per heavy atom. The summed E-state index contributed by atoms with van der Waals surface area (Å²) < 4.78 is 67.2. The minimum atomic E-state index is -4.40. The number of aryl methyl sites for hydroxylation is 1. The minimum absolute atomic E-state index is 0.186. The Labute approximate surface area is 155 Å². The second-order valence-electron chi connectivity index (χ2n) is 7.17. The van der Waals surface area contributed by atoms with Gasteiger partial charge in [-0.05, 0) is 30.0 Å². The van der Waals surface area contributed by atoms with E-state index >= 15 is 0 Å². The van der Waals surface area contributed by atoms with Gasteiger partial charge in [0.1, 0.15) is 0 Å². The smallest absolute Gasteiger partial charge is 0.298 e. The lowest BCUT2D eigenvalue weighted by atomic mass is 9.88. The molecular formula is C21H22F5N. The van der Waals surface area contributed by atoms with Crippen LogP contribution in [0.2, 0.25) is 0 Å². The summed E-state index contributed by atoms with van der Waals surface area (Å²) >= 11 is 0. The van der Waals surface area contributed by atoms with Crippen molar-refractivity contribution in [2.24, 2.45) is 5.92 Å². The first-order valence-corrected chi connectivity index (χ1v) is 9.04. The molecule has 0 N–H and O–H groups in total. The molecule has 0 spiro atoms. The zero-order chi connectivity index (χ0) is 19.5. The van der Waals surface area contributed by atoms with Crippen molar-refractivity contribution in [1.82, 2.24) is 4.90 Å². The molecule has 1 nitrogen and oxygen atoms in total. The summed E-state index contributed by atoms with van der Waals surface area (Å²) in [6, 6.07) is 14.6. The van der Waals surface area contributed by atoms with E-state index in [1.807, 2.05) is 35.2 Å². The first kappa shape index (κ1) is 19.8. The van der Waals surface area contributed by atoms with Crippen LogP contribution in [0.3, 0.4) is 0 Å². The van der Waals surface area contributed by atoms with Gasteiger partial charge in [-0.15, -0.1) is 0 Å². The second-order valence-corrected chi connectivity index (χ2v) is 7.17. The van der Waals surface area contributed by atoms with Gasteiger partial charge in [-0.2, -0.15) is 13.2 Å². The van der Waals surface area contributed by atoms with E-state index in [9.17, 15) is 22.0 Å². The third-order valence-corrected chi connectivity index (χ3v) is 5.12. The van der Waals surface area contributed by atoms with Gasteiger partial charge < -0.3 is 0 Å². The van der Waals surface area contributed by atoms with Crippen LogP contribution >= 0.6 is 0 Å². The topological polar surface area (TPSA) is 3.24 Å². The summed E-state index contributed by atoms with van der Waals surface area (Å²) in [5.41, 5.74) is 0.808. The number of nitrogens with zero attached hydrogens (tertiary/aromatic N) is 1. The molecular weight excluding hydrogens is 361 g/mol. The number of likely N-dealkylation sites (tertiary alicyclic amines) is 1. The number of hydrogen-bond acceptors (Lipinski definition) is 1. The number of hydrogen-bond donors (Lipinski definition) is 0. The molecule has 0 amide bonds. The van der Waals surface area contributed by atoms with Crippen LogP contribution in [0, 0.1) is 5.92 Å². The third-order valence-electron chi connectivity index (χ3n) is 5.12. The number of rotatable bonds is 5. The summed E-state index contributed by atoms with van der Waals surface area (Å²) in [7, 11) is 0. The lowest BCUT2D eigenvalue weighted by Gasteiger charge is -2.38. The molecule has 2 aromatic carbocycles. The molecule has 3 rings (SSSR count). The van der Waals surface area contributed by atoms with Gasteiger partial charge in [-0.25, -0.2) is 8.78 Å². The molecule has 1 aliphatic heterocycles. The molecule has 27 heavy (non-hydrogen) atoms. The molecule has 0 aromatic heterocycles. The van der Waals surface area contributed by atoms with E-state index in [0.717, 1.165) is 17.7 Å². The highest BCUT2D eigenvalue weighted by atomic mass is 19.4. The highest BCUT2D eigenvalue weighted by Gasteiger charge is 2.43. The van der Waals surface area contributed by atoms with E-state index in [1.165, 1.54) is 6.07 Å². The fraction of sp³-hybridized carbons (Fsp3) is 0.429. The molecule has 0 bridgehead atoms. The monoisotopic (exact) mass is 383 g/mol. The Morgan fingerprint density at radius 2 is 1.67 bits per heavy atom. The van der Waals surface area contributed by atoms with Crippen molar-refractivity contribution in [2.75, 3.05) is 13.1 Å². The Hall–Kier alpha value is -1.95. The van der Waals surface area contributed by atoms with Gasteiger partial charge in [0.2, 0.25) is 0 Å². The molecule has 0 radical (unpaired) electrons. The van der Waals surface area contributed by atoms with Gasteiger partial charge in [-0.3, -0.25) is 4.90 Å². The van der Waals surface area contributed by atoms with E-state index in [4.69, 9.17) is 0 Å². The first-order chi connectivity index (χ1) is 12.7. The highest BCUT2D eigenvalue weighted by molar-refractivity contribution is 5.25. The molecule has 1 fully saturated rings. The van der Waals surface area contributed by atoms with Crippen molar-refractivity contribution in [3.05, 3.63) is 71.3 Å². The molecule has 2 aromatic rings. The van der Waals surface area contributed by atoms with Crippen LogP contribution < -0.4 is 0 Å². The van der Waals surface area contributed by atoms with Gasteiger partial charge in [0, 0.05) is 32.0 Å². The molecule has 1 aliphatic rings. The minimum Gasteiger partial charge on any atom is -0.298 e. The first-order valence-electron chi connectivity index (χ1n) is 9.04. The van der Waals surface area contributed by atoms with Crippen LogP contribution in [0.5, 0.6) is 0 Å². The van der Waals surface area contributed by atoms with Crippen LogP contribution in [-0.2, 0) is 19.1 Å². The van der Waals surface area contributed by atoms with Crippen molar-refractivity contribution in [1.29, 1.82) is 0 Å². The number of piperidine rings is 1. The molecule has 1 atom stereocenters. The molecule has 0 aliphatic carbocycles. The molecule has 1 saturated heterocycles. The second kappa shape index (κ2) is 7.97. The van der Waals surface area contributed by atoms with E-state index < -0.39 is 23.6 Å². The molecule has 0 saturated carbocycles. The number of alkyl halides is 5. The third kappa shape index (κ3) is 5.28. The summed E-state index contributed by atoms with van der Waals surface area (Å²) in [5.74, 6) is -3.53. The summed E-state index contributed by atoms with van der Waals surface area (Å²) in [5, 5.41) is 0. The van der Waals surface area contributed by atoms with Gasteiger partial charge in [0.25, 0.3) is 5.92 Å². The largest absolute Gasteiger partial charge is 0.416 e. The maximum absolute atomic E-state index is 14.3. The molecule has 1 unspecified atom stereocenters. The maximum atomic E-state index is 14.3. The number of benzene rings is 2. The van der Waals surface area contributed by atoms with Gasteiger partial charge in [0.05, 0.1) is 5.56 Å². The van der Waals surface area contributed by atoms with Crippen LogP contribution in [0.15, 0.2) is 54.6 Å². The van der Waals surface area contributed by atoms with E-state index in [-0.39, 0.29) is 26.1 Å². The van der Waals surface area contributed by atoms with Gasteiger partial charge in [0.15, 0.2) is 0 Å². The van der Waals surface area contributed by atoms with Gasteiger partial charge >= 0.3 is 6.18 Å². The highest BCUT2D eigenvalue weighted by Crippen LogP contribution is 2.37. The Bertz CT molecular complexity index is 742. The average molecular weight is 383 g/mol. The van der Waals surface area contributed by atoms with Crippen LogP contribution in [0.4, 0.5) is 22.0 Å². The van der Waals surface area contributed by atoms with Crippen molar-refractivity contribution < 1.29 is 22.0 Å². The van der Waals surface area contributed by atoms with Crippen molar-refractivity contribution in [3.63, 3.8) is 0 Å². The summed E-state index contributed by atoms with van der Waals surface area (Å²) in [6.45, 7) is 0.628. The molecule has 6 heteroatoms. The van der Waals surface area contributed by atoms with Crippen molar-refractivity contribution in [2.45, 2.75) is 37.9 Å². The van der Waals surface area contributed by atoms with E-state index in [2.05, 4.69) is 0 Å². The maximum Gasteiger partial charge on any atom is 0.416 e. The Balaban J connectivity index is 1.64. The van der Waals surface area contributed by atoms with Crippen LogP contribution in [0.1, 0.15) is 29.5 Å². The van der Waals surface area contributed by atoms with Gasteiger partial charge in [-0.1, -0.05) is 48.5 Å². The fourth-order valence-corrected chi connectivity index (χ4v) is 3.58. The molecule has 146 valence electrons. The summed E-state index contributed by atoms with van der Waals surface area (Å²) in [4.78, 5) is 1.84. The lowest BCUT2D eigenvalue weighted by molar-refractivity contribution is -0.137. The SMILES string of the molecule is FC(F)(F)c1cccc(CN2CCC(F)(F)C(CCc3ccccc3)C2)c1. The normalized spacial score (nSPS) is 20.6. The quantitative estimate of drug-likeness (QED) is 0.590. The van der Waals surface area contributed by atoms with Crippen molar-refractivity contribution >= 4 is 0 Å². The predicted molar refractivity (Wildman–Crippen MR) is 94.5 cm³/mol. The van der Waals surface area contributed by atoms with E-state index in [0.29, 0.717) is 18.4 Å². The van der Waals surface area contributed by atoms with Crippen LogP contribution in [0.25, 0.3) is 0 Å². The zero-order valence-corrected chi connectivity index (χ0v) is 14.9. The lowest BCUT2D eigenvalue weighted by Crippen LogP contribution is -2.46. The van der Waals surface area contributed by atoms with Crippen LogP contribution in [-0.4, -0.2) is 23.9 Å². The summed E-state index contributed by atoms with van der Waals surface area (Å²) in [6.07, 6.45) is -3.73. The average Bonchev–Trinajstić information content (AvgIpc) is 2.62. The zero-order valence-electron chi connectivity index (χ0n) is 14.9. The standard InChI is InChI=1S/C21H22F5N/c22-20(23)11-12-27(14-17-7-4-8-18(13-17)21(24,25)26)15-19(20)10-9-16-5-2-1-3-6-16/h1-8,13,19H,9-12,14-15H2.